The molecular weight excluding hydrogens is 1260 g/mol. The molecule has 15 atom stereocenters. The van der Waals surface area contributed by atoms with Crippen LogP contribution in [0.3, 0.4) is 0 Å². The minimum atomic E-state index is -1.41. The summed E-state index contributed by atoms with van der Waals surface area (Å²) in [5.41, 5.74) is -5.23. The molecule has 6 unspecified atom stereocenters. The first-order chi connectivity index (χ1) is 38.2. The Morgan fingerprint density at radius 3 is 0.893 bits per heavy atom. The molecule has 84 heavy (non-hydrogen) atoms. The van der Waals surface area contributed by atoms with Gasteiger partial charge in [-0.2, -0.15) is 0 Å². The normalized spacial score (nSPS) is 44.5. The molecule has 6 saturated carbocycles. The van der Waals surface area contributed by atoms with Crippen LogP contribution in [0.15, 0.2) is 105 Å². The van der Waals surface area contributed by atoms with E-state index in [4.69, 9.17) is 0 Å². The fourth-order valence-electron chi connectivity index (χ4n) is 18.9. The van der Waals surface area contributed by atoms with E-state index < -0.39 is 86.0 Å². The van der Waals surface area contributed by atoms with E-state index in [2.05, 4.69) is 21.1 Å². The standard InChI is InChI=1S/3C21H25NO5.CH4.BrH.HI/c3*1-22(11-12-2-3-12)9-8-20-17-13(4-5-14(23)18(17)25)10-16(22)21(20,27)7-6-15(24)19(20)26;;;/h3*4-5,10,12,16,19,26-27H,2-3,6-9,11H2,1H3;1H4;2*1H/p+1/t3*16-,19?,20+,21-,22?;;;/m111.../s1. The molecule has 456 valence electrons. The zero-order chi connectivity index (χ0) is 57.6. The molecule has 9 N–H and O–H groups in total. The summed E-state index contributed by atoms with van der Waals surface area (Å²) in [5, 5.41) is 101. The second-order valence-electron chi connectivity index (χ2n) is 28.0. The number of hydrogen-bond donors (Lipinski definition) is 9. The van der Waals surface area contributed by atoms with Crippen LogP contribution in [-0.2, 0) is 28.8 Å². The molecular formula is C64H82BrIN3O15+. The number of Topliss-reactive ketones (excluding diaryl/α,β-unsaturated/α-hetero) is 3. The molecule has 9 fully saturated rings. The van der Waals surface area contributed by atoms with Gasteiger partial charge in [0.1, 0.15) is 53.2 Å². The molecule has 0 radical (unpaired) electrons. The number of allylic oxidation sites excluding steroid dienone is 9. The number of piperidine rings is 3. The van der Waals surface area contributed by atoms with Crippen molar-refractivity contribution in [2.45, 2.75) is 157 Å². The minimum absolute atomic E-state index is 0. The van der Waals surface area contributed by atoms with Crippen molar-refractivity contribution >= 4 is 34.7 Å². The minimum Gasteiger partial charge on any atom is -1.00 e. The summed E-state index contributed by atoms with van der Waals surface area (Å²) in [7, 11) is 6.45. The molecule has 0 aromatic carbocycles. The zero-order valence-corrected chi connectivity index (χ0v) is 51.1. The molecule has 0 aromatic rings. The Hall–Kier alpha value is -4.07. The predicted octanol–water partition coefficient (Wildman–Crippen LogP) is -2.51. The van der Waals surface area contributed by atoms with Crippen molar-refractivity contribution in [2.24, 2.45) is 34.0 Å². The molecule has 12 aliphatic carbocycles. The van der Waals surface area contributed by atoms with Gasteiger partial charge in [-0.3, -0.25) is 28.8 Å². The van der Waals surface area contributed by atoms with Crippen molar-refractivity contribution in [3.8, 4) is 0 Å². The van der Waals surface area contributed by atoms with Crippen molar-refractivity contribution < 1.29 is 129 Å². The maximum atomic E-state index is 12.5. The summed E-state index contributed by atoms with van der Waals surface area (Å²) >= 11 is 0. The lowest BCUT2D eigenvalue weighted by Crippen LogP contribution is -3.00. The monoisotopic (exact) mass is 1340 g/mol. The van der Waals surface area contributed by atoms with Crippen LogP contribution in [-0.4, -0.2) is 208 Å². The molecule has 3 heterocycles. The van der Waals surface area contributed by atoms with Gasteiger partial charge < -0.3 is 100 Å². The molecule has 0 aromatic heterocycles. The van der Waals surface area contributed by atoms with Gasteiger partial charge in [0.25, 0.3) is 0 Å². The van der Waals surface area contributed by atoms with Crippen LogP contribution in [0.25, 0.3) is 0 Å². The van der Waals surface area contributed by atoms with E-state index in [0.29, 0.717) is 86.8 Å². The first-order valence-electron chi connectivity index (χ1n) is 29.7. The zero-order valence-electron chi connectivity index (χ0n) is 47.3. The Morgan fingerprint density at radius 2 is 0.667 bits per heavy atom. The fraction of sp³-hybridized carbons (Fsp3) is 0.625. The number of likely N-dealkylation sites (N-methyl/N-ethyl adjacent to an activating group) is 3. The second kappa shape index (κ2) is 20.8. The third-order valence-electron chi connectivity index (χ3n) is 23.4. The van der Waals surface area contributed by atoms with Crippen molar-refractivity contribution in [1.29, 1.82) is 0 Å². The van der Waals surface area contributed by atoms with Gasteiger partial charge in [-0.25, -0.2) is 0 Å². The van der Waals surface area contributed by atoms with Crippen LogP contribution in [0.5, 0.6) is 0 Å². The van der Waals surface area contributed by atoms with Crippen LogP contribution < -0.4 is 41.0 Å². The van der Waals surface area contributed by atoms with Crippen LogP contribution in [0.2, 0.25) is 0 Å². The van der Waals surface area contributed by atoms with Crippen molar-refractivity contribution in [3.05, 3.63) is 105 Å². The van der Waals surface area contributed by atoms with E-state index in [1.165, 1.54) is 56.8 Å². The van der Waals surface area contributed by atoms with Gasteiger partial charge >= 0.3 is 0 Å². The number of carbonyl (C=O) groups is 6. The number of likely N-dealkylation sites (tertiary alicyclic amines) is 3. The Bertz CT molecular complexity index is 2910. The average Bonchev–Trinajstić information content (AvgIpc) is 1.09. The largest absolute Gasteiger partial charge is 1.00 e. The lowest BCUT2D eigenvalue weighted by Gasteiger charge is -2.65. The van der Waals surface area contributed by atoms with E-state index in [0.717, 1.165) is 19.6 Å². The third kappa shape index (κ3) is 8.50. The SMILES string of the molecule is C.C[N+]1(CC2CC2)CC[C@@]23C4=C(O)C(=O)C=CC4=C[C@@H]1[C@]2(O)CCC(=O)C3O.C[N+]1(CC2CC2)CC[C@@]23C4=C(O)C(=O)C=CC4=C[C@@H]1[C@]2(O)CCC(=O)C3O.C[N+]1(CC2CC2)CC[C@@]23C4=C(O)C(=O)C=CC4=C[C@@H]1[C@]2(O)CCC(=O)C3O.[Br-].[I-]. The van der Waals surface area contributed by atoms with E-state index in [1.54, 1.807) is 18.2 Å². The summed E-state index contributed by atoms with van der Waals surface area (Å²) in [6.45, 7) is 4.95. The number of halogens is 2. The number of hydrogen-bond acceptors (Lipinski definition) is 15. The number of nitrogens with zero attached hydrogens (tertiary/aromatic N) is 3. The number of carbonyl (C=O) groups excluding carboxylic acids is 6. The first-order valence-corrected chi connectivity index (χ1v) is 29.7. The van der Waals surface area contributed by atoms with Gasteiger partial charge in [-0.15, -0.1) is 0 Å². The number of rotatable bonds is 6. The van der Waals surface area contributed by atoms with Crippen molar-refractivity contribution in [2.75, 3.05) is 60.4 Å². The summed E-state index contributed by atoms with van der Waals surface area (Å²) in [4.78, 5) is 74.1. The van der Waals surface area contributed by atoms with Crippen LogP contribution in [0, 0.1) is 34.0 Å². The topological polar surface area (TPSA) is 284 Å². The quantitative estimate of drug-likeness (QED) is 0.0982. The highest BCUT2D eigenvalue weighted by Gasteiger charge is 2.77. The Balaban J connectivity index is 0.000000138. The predicted molar refractivity (Wildman–Crippen MR) is 296 cm³/mol. The van der Waals surface area contributed by atoms with Gasteiger partial charge in [-0.1, -0.05) is 25.7 Å². The van der Waals surface area contributed by atoms with Gasteiger partial charge in [-0.05, 0) is 111 Å². The fourth-order valence-corrected chi connectivity index (χ4v) is 18.9. The summed E-state index contributed by atoms with van der Waals surface area (Å²) < 4.78 is 2.01. The van der Waals surface area contributed by atoms with Gasteiger partial charge in [0, 0.05) is 73.0 Å². The van der Waals surface area contributed by atoms with Gasteiger partial charge in [0.05, 0.1) is 76.7 Å². The molecule has 15 rings (SSSR count). The molecule has 20 heteroatoms. The number of ketones is 6. The Morgan fingerprint density at radius 1 is 0.429 bits per heavy atom. The van der Waals surface area contributed by atoms with Crippen molar-refractivity contribution in [3.63, 3.8) is 0 Å². The highest BCUT2D eigenvalue weighted by Crippen LogP contribution is 2.66. The molecule has 3 saturated heterocycles. The molecule has 15 aliphatic rings. The van der Waals surface area contributed by atoms with E-state index >= 15 is 0 Å². The number of fused-ring (bicyclic) bond motifs is 3. The maximum absolute atomic E-state index is 12.5. The Labute approximate surface area is 517 Å². The van der Waals surface area contributed by atoms with E-state index in [9.17, 15) is 74.7 Å². The number of aliphatic hydroxyl groups excluding tert-OH is 6. The molecule has 0 amide bonds. The lowest BCUT2D eigenvalue weighted by atomic mass is 9.47. The van der Waals surface area contributed by atoms with Crippen LogP contribution >= 0.6 is 0 Å². The molecule has 18 nitrogen and oxygen atoms in total. The maximum Gasteiger partial charge on any atom is 0.220 e. The second-order valence-corrected chi connectivity index (χ2v) is 28.0. The van der Waals surface area contributed by atoms with E-state index in [1.807, 2.05) is 18.2 Å². The molecule has 6 bridgehead atoms. The summed E-state index contributed by atoms with van der Waals surface area (Å²) in [6, 6.07) is -0.836. The van der Waals surface area contributed by atoms with Crippen LogP contribution in [0.4, 0.5) is 0 Å². The number of aliphatic hydroxyl groups is 9. The van der Waals surface area contributed by atoms with Crippen molar-refractivity contribution in [1.82, 2.24) is 0 Å². The smallest absolute Gasteiger partial charge is 0.220 e. The number of quaternary nitrogens is 3. The summed E-state index contributed by atoms with van der Waals surface area (Å²) in [5.74, 6) is -1.90. The average molecular weight is 1340 g/mol. The van der Waals surface area contributed by atoms with E-state index in [-0.39, 0.29) is 139 Å². The van der Waals surface area contributed by atoms with Gasteiger partial charge in [0.15, 0.2) is 34.6 Å². The molecule has 0 spiro atoms. The lowest BCUT2D eigenvalue weighted by molar-refractivity contribution is -0.944. The molecule has 3 aliphatic heterocycles. The summed E-state index contributed by atoms with van der Waals surface area (Å²) in [6.07, 6.45) is 20.0. The highest BCUT2D eigenvalue weighted by atomic mass is 127. The first kappa shape index (κ1) is 63.0. The Kier molecular flexibility index (Phi) is 15.6. The van der Waals surface area contributed by atoms with Gasteiger partial charge in [0.2, 0.25) is 17.3 Å². The van der Waals surface area contributed by atoms with Crippen LogP contribution in [0.1, 0.15) is 104 Å². The third-order valence-corrected chi connectivity index (χ3v) is 23.4. The highest BCUT2D eigenvalue weighted by molar-refractivity contribution is 6.07.